The van der Waals surface area contributed by atoms with Gasteiger partial charge in [0.25, 0.3) is 0 Å². The standard InChI is InChI=1S/C15H18F2N4O/c1-18-14(10-8-20-21(2)9-10)15(22)19-7-6-11-12(16)4-3-5-13(11)17/h3-5,8-9,14,18H,6-7H2,1-2H3,(H,19,22). The number of nitrogens with zero attached hydrogens (tertiary/aromatic N) is 2. The number of carbonyl (C=O) groups is 1. The van der Waals surface area contributed by atoms with E-state index in [-0.39, 0.29) is 24.4 Å². The minimum absolute atomic E-state index is 0.0230. The van der Waals surface area contributed by atoms with Gasteiger partial charge in [-0.2, -0.15) is 5.10 Å². The first-order chi connectivity index (χ1) is 10.5. The molecule has 1 aromatic carbocycles. The normalized spacial score (nSPS) is 12.2. The van der Waals surface area contributed by atoms with E-state index in [9.17, 15) is 13.6 Å². The lowest BCUT2D eigenvalue weighted by molar-refractivity contribution is -0.123. The quantitative estimate of drug-likeness (QED) is 0.846. The van der Waals surface area contributed by atoms with E-state index in [1.54, 1.807) is 31.2 Å². The van der Waals surface area contributed by atoms with Crippen molar-refractivity contribution in [2.24, 2.45) is 7.05 Å². The van der Waals surface area contributed by atoms with Crippen LogP contribution in [0.1, 0.15) is 17.2 Å². The van der Waals surface area contributed by atoms with E-state index >= 15 is 0 Å². The molecule has 1 atom stereocenters. The van der Waals surface area contributed by atoms with E-state index in [0.29, 0.717) is 0 Å². The molecule has 1 unspecified atom stereocenters. The second kappa shape index (κ2) is 7.13. The molecule has 0 aliphatic heterocycles. The number of hydrogen-bond donors (Lipinski definition) is 2. The van der Waals surface area contributed by atoms with Crippen molar-refractivity contribution >= 4 is 5.91 Å². The molecule has 118 valence electrons. The highest BCUT2D eigenvalue weighted by atomic mass is 19.1. The number of carbonyl (C=O) groups excluding carboxylic acids is 1. The fourth-order valence-corrected chi connectivity index (χ4v) is 2.22. The fourth-order valence-electron chi connectivity index (χ4n) is 2.22. The molecule has 2 N–H and O–H groups in total. The summed E-state index contributed by atoms with van der Waals surface area (Å²) < 4.78 is 28.6. The number of benzene rings is 1. The molecular weight excluding hydrogens is 290 g/mol. The molecule has 22 heavy (non-hydrogen) atoms. The number of nitrogens with one attached hydrogen (secondary N) is 2. The maximum atomic E-state index is 13.5. The van der Waals surface area contributed by atoms with Gasteiger partial charge in [0.1, 0.15) is 17.7 Å². The van der Waals surface area contributed by atoms with Crippen molar-refractivity contribution < 1.29 is 13.6 Å². The summed E-state index contributed by atoms with van der Waals surface area (Å²) in [6.45, 7) is 0.148. The molecule has 0 saturated heterocycles. The Kier molecular flexibility index (Phi) is 5.21. The predicted molar refractivity (Wildman–Crippen MR) is 78.1 cm³/mol. The molecule has 0 aliphatic rings. The first-order valence-corrected chi connectivity index (χ1v) is 6.89. The van der Waals surface area contributed by atoms with Gasteiger partial charge < -0.3 is 10.6 Å². The van der Waals surface area contributed by atoms with Crippen LogP contribution in [0.2, 0.25) is 0 Å². The molecule has 1 amide bonds. The van der Waals surface area contributed by atoms with E-state index in [2.05, 4.69) is 15.7 Å². The molecule has 1 aromatic heterocycles. The lowest BCUT2D eigenvalue weighted by Crippen LogP contribution is -2.37. The Bertz CT molecular complexity index is 636. The molecule has 0 spiro atoms. The molecule has 0 saturated carbocycles. The maximum absolute atomic E-state index is 13.5. The Morgan fingerprint density at radius 1 is 1.36 bits per heavy atom. The Labute approximate surface area is 127 Å². The number of aromatic nitrogens is 2. The molecule has 0 bridgehead atoms. The Morgan fingerprint density at radius 3 is 2.59 bits per heavy atom. The molecular formula is C15H18F2N4O. The fraction of sp³-hybridized carbons (Fsp3) is 0.333. The highest BCUT2D eigenvalue weighted by Crippen LogP contribution is 2.13. The summed E-state index contributed by atoms with van der Waals surface area (Å²) >= 11 is 0. The van der Waals surface area contributed by atoms with Gasteiger partial charge in [0.05, 0.1) is 6.20 Å². The summed E-state index contributed by atoms with van der Waals surface area (Å²) in [6, 6.07) is 3.16. The highest BCUT2D eigenvalue weighted by Gasteiger charge is 2.20. The van der Waals surface area contributed by atoms with Crippen molar-refractivity contribution in [3.8, 4) is 0 Å². The first-order valence-electron chi connectivity index (χ1n) is 6.89. The van der Waals surface area contributed by atoms with Crippen LogP contribution in [0.5, 0.6) is 0 Å². The Morgan fingerprint density at radius 2 is 2.05 bits per heavy atom. The summed E-state index contributed by atoms with van der Waals surface area (Å²) in [5.74, 6) is -1.48. The summed E-state index contributed by atoms with van der Waals surface area (Å²) in [4.78, 5) is 12.1. The third-order valence-electron chi connectivity index (χ3n) is 3.34. The van der Waals surface area contributed by atoms with Gasteiger partial charge in [-0.25, -0.2) is 8.78 Å². The van der Waals surface area contributed by atoms with Gasteiger partial charge in [0, 0.05) is 30.9 Å². The zero-order chi connectivity index (χ0) is 16.1. The lowest BCUT2D eigenvalue weighted by atomic mass is 10.1. The third kappa shape index (κ3) is 3.67. The van der Waals surface area contributed by atoms with E-state index < -0.39 is 17.7 Å². The van der Waals surface area contributed by atoms with Crippen molar-refractivity contribution in [3.05, 3.63) is 53.4 Å². The van der Waals surface area contributed by atoms with Crippen molar-refractivity contribution in [1.29, 1.82) is 0 Å². The van der Waals surface area contributed by atoms with Crippen LogP contribution >= 0.6 is 0 Å². The van der Waals surface area contributed by atoms with Crippen LogP contribution < -0.4 is 10.6 Å². The van der Waals surface area contributed by atoms with E-state index in [0.717, 1.165) is 5.56 Å². The third-order valence-corrected chi connectivity index (χ3v) is 3.34. The molecule has 0 aliphatic carbocycles. The van der Waals surface area contributed by atoms with Crippen molar-refractivity contribution in [3.63, 3.8) is 0 Å². The topological polar surface area (TPSA) is 59.0 Å². The van der Waals surface area contributed by atoms with Crippen molar-refractivity contribution in [1.82, 2.24) is 20.4 Å². The monoisotopic (exact) mass is 308 g/mol. The van der Waals surface area contributed by atoms with Crippen LogP contribution in [-0.4, -0.2) is 29.3 Å². The maximum Gasteiger partial charge on any atom is 0.241 e. The van der Waals surface area contributed by atoms with Gasteiger partial charge in [-0.3, -0.25) is 9.48 Å². The minimum atomic E-state index is -0.605. The summed E-state index contributed by atoms with van der Waals surface area (Å²) in [5, 5.41) is 9.58. The molecule has 1 heterocycles. The van der Waals surface area contributed by atoms with E-state index in [1.807, 2.05) is 0 Å². The van der Waals surface area contributed by atoms with Crippen LogP contribution in [-0.2, 0) is 18.3 Å². The first kappa shape index (κ1) is 16.1. The second-order valence-corrected chi connectivity index (χ2v) is 4.91. The SMILES string of the molecule is CNC(C(=O)NCCc1c(F)cccc1F)c1cnn(C)c1. The molecule has 5 nitrogen and oxygen atoms in total. The minimum Gasteiger partial charge on any atom is -0.354 e. The summed E-state index contributed by atoms with van der Waals surface area (Å²) in [6.07, 6.45) is 3.42. The van der Waals surface area contributed by atoms with Gasteiger partial charge in [-0.15, -0.1) is 0 Å². The smallest absolute Gasteiger partial charge is 0.241 e. The lowest BCUT2D eigenvalue weighted by Gasteiger charge is -2.14. The summed E-state index contributed by atoms with van der Waals surface area (Å²) in [5.41, 5.74) is 0.699. The van der Waals surface area contributed by atoms with Crippen LogP contribution in [0.25, 0.3) is 0 Å². The number of rotatable bonds is 6. The molecule has 7 heteroatoms. The van der Waals surface area contributed by atoms with Crippen LogP contribution in [0.15, 0.2) is 30.6 Å². The average molecular weight is 308 g/mol. The predicted octanol–water partition coefficient (Wildman–Crippen LogP) is 1.32. The highest BCUT2D eigenvalue weighted by molar-refractivity contribution is 5.83. The van der Waals surface area contributed by atoms with Gasteiger partial charge in [0.2, 0.25) is 5.91 Å². The number of halogens is 2. The molecule has 2 aromatic rings. The number of aryl methyl sites for hydroxylation is 1. The van der Waals surface area contributed by atoms with Crippen molar-refractivity contribution in [2.75, 3.05) is 13.6 Å². The van der Waals surface area contributed by atoms with E-state index in [1.165, 1.54) is 18.2 Å². The van der Waals surface area contributed by atoms with Gasteiger partial charge in [-0.05, 0) is 25.6 Å². The molecule has 0 radical (unpaired) electrons. The van der Waals surface area contributed by atoms with Crippen molar-refractivity contribution in [2.45, 2.75) is 12.5 Å². The van der Waals surface area contributed by atoms with Gasteiger partial charge in [-0.1, -0.05) is 6.07 Å². The zero-order valence-electron chi connectivity index (χ0n) is 12.4. The zero-order valence-corrected chi connectivity index (χ0v) is 12.4. The van der Waals surface area contributed by atoms with Gasteiger partial charge >= 0.3 is 0 Å². The van der Waals surface area contributed by atoms with Gasteiger partial charge in [0.15, 0.2) is 0 Å². The Balaban J connectivity index is 1.94. The summed E-state index contributed by atoms with van der Waals surface area (Å²) in [7, 11) is 3.42. The number of likely N-dealkylation sites (N-methyl/N-ethyl adjacent to an activating group) is 1. The second-order valence-electron chi connectivity index (χ2n) is 4.91. The average Bonchev–Trinajstić information content (AvgIpc) is 2.89. The van der Waals surface area contributed by atoms with Crippen LogP contribution in [0.3, 0.4) is 0 Å². The van der Waals surface area contributed by atoms with Crippen LogP contribution in [0.4, 0.5) is 8.78 Å². The molecule has 0 fully saturated rings. The van der Waals surface area contributed by atoms with Crippen LogP contribution in [0, 0.1) is 11.6 Å². The molecule has 2 rings (SSSR count). The van der Waals surface area contributed by atoms with E-state index in [4.69, 9.17) is 0 Å². The Hall–Kier alpha value is -2.28. The number of hydrogen-bond acceptors (Lipinski definition) is 3. The largest absolute Gasteiger partial charge is 0.354 e. The number of amides is 1.